The second-order valence-electron chi connectivity index (χ2n) is 4.42. The standard InChI is InChI=1S/C15H16ClNO2S2/c1-10-6-13(14(19-2)7-12(10)16)17-15(18)9-20-8-11-4-3-5-21-11/h3-7H,8-9H2,1-2H3,(H,17,18). The third kappa shape index (κ3) is 4.66. The molecule has 1 aromatic heterocycles. The molecule has 0 aliphatic rings. The van der Waals surface area contributed by atoms with Crippen molar-refractivity contribution in [3.05, 3.63) is 45.1 Å². The zero-order chi connectivity index (χ0) is 15.2. The van der Waals surface area contributed by atoms with Gasteiger partial charge in [0.05, 0.1) is 18.6 Å². The Morgan fingerprint density at radius 1 is 1.48 bits per heavy atom. The summed E-state index contributed by atoms with van der Waals surface area (Å²) in [5.74, 6) is 1.78. The van der Waals surface area contributed by atoms with E-state index in [0.29, 0.717) is 22.2 Å². The molecular formula is C15H16ClNO2S2. The first kappa shape index (κ1) is 16.2. The third-order valence-corrected chi connectivity index (χ3v) is 5.26. The minimum Gasteiger partial charge on any atom is -0.495 e. The van der Waals surface area contributed by atoms with E-state index in [4.69, 9.17) is 16.3 Å². The number of carbonyl (C=O) groups is 1. The van der Waals surface area contributed by atoms with Gasteiger partial charge in [-0.2, -0.15) is 0 Å². The maximum atomic E-state index is 12.0. The molecule has 0 saturated heterocycles. The van der Waals surface area contributed by atoms with Crippen molar-refractivity contribution in [3.8, 4) is 5.75 Å². The zero-order valence-corrected chi connectivity index (χ0v) is 14.2. The Labute approximate surface area is 137 Å². The molecule has 1 N–H and O–H groups in total. The van der Waals surface area contributed by atoms with E-state index in [1.54, 1.807) is 36.3 Å². The van der Waals surface area contributed by atoms with E-state index in [1.807, 2.05) is 24.4 Å². The normalized spacial score (nSPS) is 10.4. The van der Waals surface area contributed by atoms with Crippen molar-refractivity contribution < 1.29 is 9.53 Å². The van der Waals surface area contributed by atoms with Crippen molar-refractivity contribution in [1.29, 1.82) is 0 Å². The first-order chi connectivity index (χ1) is 10.1. The lowest BCUT2D eigenvalue weighted by atomic mass is 10.2. The highest BCUT2D eigenvalue weighted by atomic mass is 35.5. The monoisotopic (exact) mass is 341 g/mol. The molecule has 1 heterocycles. The average molecular weight is 342 g/mol. The van der Waals surface area contributed by atoms with Gasteiger partial charge in [0, 0.05) is 21.7 Å². The lowest BCUT2D eigenvalue weighted by molar-refractivity contribution is -0.113. The average Bonchev–Trinajstić information content (AvgIpc) is 2.96. The van der Waals surface area contributed by atoms with Crippen molar-refractivity contribution in [2.45, 2.75) is 12.7 Å². The van der Waals surface area contributed by atoms with E-state index < -0.39 is 0 Å². The number of methoxy groups -OCH3 is 1. The molecule has 0 bridgehead atoms. The minimum atomic E-state index is -0.0448. The Balaban J connectivity index is 1.91. The maximum Gasteiger partial charge on any atom is 0.234 e. The van der Waals surface area contributed by atoms with Crippen LogP contribution in [0.2, 0.25) is 5.02 Å². The highest BCUT2D eigenvalue weighted by Crippen LogP contribution is 2.31. The number of carbonyl (C=O) groups excluding carboxylic acids is 1. The number of benzene rings is 1. The molecule has 0 spiro atoms. The van der Waals surface area contributed by atoms with Gasteiger partial charge >= 0.3 is 0 Å². The molecule has 0 aliphatic carbocycles. The van der Waals surface area contributed by atoms with Gasteiger partial charge in [-0.25, -0.2) is 0 Å². The molecule has 0 unspecified atom stereocenters. The second-order valence-corrected chi connectivity index (χ2v) is 6.85. The number of ether oxygens (including phenoxy) is 1. The fraction of sp³-hybridized carbons (Fsp3) is 0.267. The summed E-state index contributed by atoms with van der Waals surface area (Å²) in [6, 6.07) is 7.62. The number of thioether (sulfide) groups is 1. The van der Waals surface area contributed by atoms with Crippen molar-refractivity contribution in [2.24, 2.45) is 0 Å². The number of nitrogens with one attached hydrogen (secondary N) is 1. The van der Waals surface area contributed by atoms with Crippen LogP contribution in [-0.2, 0) is 10.5 Å². The predicted molar refractivity (Wildman–Crippen MR) is 91.9 cm³/mol. The van der Waals surface area contributed by atoms with E-state index in [0.717, 1.165) is 11.3 Å². The smallest absolute Gasteiger partial charge is 0.234 e. The summed E-state index contributed by atoms with van der Waals surface area (Å²) in [6.45, 7) is 1.89. The van der Waals surface area contributed by atoms with Gasteiger partial charge in [0.2, 0.25) is 5.91 Å². The van der Waals surface area contributed by atoms with Crippen LogP contribution in [0, 0.1) is 6.92 Å². The van der Waals surface area contributed by atoms with E-state index in [-0.39, 0.29) is 5.91 Å². The number of thiophene rings is 1. The van der Waals surface area contributed by atoms with Gasteiger partial charge in [-0.1, -0.05) is 17.7 Å². The van der Waals surface area contributed by atoms with Crippen LogP contribution in [0.3, 0.4) is 0 Å². The Morgan fingerprint density at radius 3 is 2.95 bits per heavy atom. The summed E-state index contributed by atoms with van der Waals surface area (Å²) in [5, 5.41) is 5.53. The zero-order valence-electron chi connectivity index (χ0n) is 11.8. The highest BCUT2D eigenvalue weighted by molar-refractivity contribution is 7.99. The van der Waals surface area contributed by atoms with Gasteiger partial charge in [-0.15, -0.1) is 23.1 Å². The van der Waals surface area contributed by atoms with Crippen LogP contribution in [0.5, 0.6) is 5.75 Å². The van der Waals surface area contributed by atoms with Crippen molar-refractivity contribution in [2.75, 3.05) is 18.2 Å². The maximum absolute atomic E-state index is 12.0. The highest BCUT2D eigenvalue weighted by Gasteiger charge is 2.10. The number of aryl methyl sites for hydroxylation is 1. The summed E-state index contributed by atoms with van der Waals surface area (Å²) in [7, 11) is 1.56. The van der Waals surface area contributed by atoms with E-state index in [1.165, 1.54) is 4.88 Å². The summed E-state index contributed by atoms with van der Waals surface area (Å²) in [5.41, 5.74) is 1.56. The molecule has 112 valence electrons. The number of hydrogen-bond acceptors (Lipinski definition) is 4. The van der Waals surface area contributed by atoms with Gasteiger partial charge < -0.3 is 10.1 Å². The predicted octanol–water partition coefficient (Wildman–Crippen LogP) is 4.59. The third-order valence-electron chi connectivity index (χ3n) is 2.81. The molecule has 1 aromatic carbocycles. The Hall–Kier alpha value is -1.17. The molecule has 0 aliphatic heterocycles. The molecule has 6 heteroatoms. The first-order valence-corrected chi connectivity index (χ1v) is 8.75. The number of anilines is 1. The summed E-state index contributed by atoms with van der Waals surface area (Å²) >= 11 is 9.34. The Kier molecular flexibility index (Phi) is 5.96. The van der Waals surface area contributed by atoms with Gasteiger partial charge in [-0.3, -0.25) is 4.79 Å². The minimum absolute atomic E-state index is 0.0448. The van der Waals surface area contributed by atoms with Gasteiger partial charge in [-0.05, 0) is 30.0 Å². The number of hydrogen-bond donors (Lipinski definition) is 1. The molecule has 21 heavy (non-hydrogen) atoms. The summed E-state index contributed by atoms with van der Waals surface area (Å²) in [6.07, 6.45) is 0. The van der Waals surface area contributed by atoms with Gasteiger partial charge in [0.15, 0.2) is 0 Å². The molecule has 0 saturated carbocycles. The van der Waals surface area contributed by atoms with Crippen molar-refractivity contribution in [3.63, 3.8) is 0 Å². The molecule has 0 radical (unpaired) electrons. The molecule has 3 nitrogen and oxygen atoms in total. The van der Waals surface area contributed by atoms with E-state index in [2.05, 4.69) is 11.4 Å². The number of amides is 1. The van der Waals surface area contributed by atoms with Gasteiger partial charge in [0.25, 0.3) is 0 Å². The largest absolute Gasteiger partial charge is 0.495 e. The van der Waals surface area contributed by atoms with Crippen LogP contribution in [0.4, 0.5) is 5.69 Å². The first-order valence-electron chi connectivity index (χ1n) is 6.34. The molecule has 0 fully saturated rings. The van der Waals surface area contributed by atoms with Crippen LogP contribution in [0.25, 0.3) is 0 Å². The van der Waals surface area contributed by atoms with Crippen LogP contribution in [0.15, 0.2) is 29.6 Å². The number of rotatable bonds is 6. The Bertz CT molecular complexity index is 614. The second kappa shape index (κ2) is 7.73. The fourth-order valence-electron chi connectivity index (χ4n) is 1.76. The SMILES string of the molecule is COc1cc(Cl)c(C)cc1NC(=O)CSCc1cccs1. The van der Waals surface area contributed by atoms with Gasteiger partial charge in [0.1, 0.15) is 5.75 Å². The molecule has 2 aromatic rings. The van der Waals surface area contributed by atoms with Crippen LogP contribution in [-0.4, -0.2) is 18.8 Å². The van der Waals surface area contributed by atoms with Crippen LogP contribution in [0.1, 0.15) is 10.4 Å². The quantitative estimate of drug-likeness (QED) is 0.835. The fourth-order valence-corrected chi connectivity index (χ4v) is 3.58. The van der Waals surface area contributed by atoms with E-state index >= 15 is 0 Å². The van der Waals surface area contributed by atoms with Crippen molar-refractivity contribution in [1.82, 2.24) is 0 Å². The Morgan fingerprint density at radius 2 is 2.29 bits per heavy atom. The lowest BCUT2D eigenvalue weighted by Crippen LogP contribution is -2.15. The molecule has 2 rings (SSSR count). The van der Waals surface area contributed by atoms with Crippen LogP contribution >= 0.6 is 34.7 Å². The molecule has 1 amide bonds. The lowest BCUT2D eigenvalue weighted by Gasteiger charge is -2.12. The van der Waals surface area contributed by atoms with Crippen molar-refractivity contribution >= 4 is 46.3 Å². The molecule has 0 atom stereocenters. The number of halogens is 1. The molecular weight excluding hydrogens is 326 g/mol. The topological polar surface area (TPSA) is 38.3 Å². The van der Waals surface area contributed by atoms with Crippen LogP contribution < -0.4 is 10.1 Å². The van der Waals surface area contributed by atoms with E-state index in [9.17, 15) is 4.79 Å². The summed E-state index contributed by atoms with van der Waals surface area (Å²) in [4.78, 5) is 13.3. The summed E-state index contributed by atoms with van der Waals surface area (Å²) < 4.78 is 5.24.